The zero-order chi connectivity index (χ0) is 15.6. The number of benzene rings is 2. The molecule has 0 aromatic heterocycles. The van der Waals surface area contributed by atoms with E-state index in [1.807, 2.05) is 0 Å². The molecule has 0 spiro atoms. The highest BCUT2D eigenvalue weighted by Gasteiger charge is 2.16. The molecule has 3 nitrogen and oxygen atoms in total. The number of halogens is 4. The van der Waals surface area contributed by atoms with E-state index in [2.05, 4.69) is 15.9 Å². The van der Waals surface area contributed by atoms with Gasteiger partial charge in [-0.15, -0.1) is 0 Å². The SMILES string of the molecule is Nc1cc(C(=O)OCc2cccc(F)c2Cl)c(Br)cc1F. The summed E-state index contributed by atoms with van der Waals surface area (Å²) in [7, 11) is 0. The summed E-state index contributed by atoms with van der Waals surface area (Å²) >= 11 is 8.81. The third kappa shape index (κ3) is 3.51. The maximum Gasteiger partial charge on any atom is 0.339 e. The standard InChI is InChI=1S/C14H9BrClF2NO2/c15-9-5-11(18)12(19)4-8(9)14(20)21-6-7-2-1-3-10(17)13(7)16/h1-5H,6,19H2. The molecule has 2 N–H and O–H groups in total. The van der Waals surface area contributed by atoms with E-state index in [0.29, 0.717) is 5.56 Å². The van der Waals surface area contributed by atoms with E-state index in [1.165, 1.54) is 18.2 Å². The van der Waals surface area contributed by atoms with Gasteiger partial charge in [-0.3, -0.25) is 0 Å². The third-order valence-electron chi connectivity index (χ3n) is 2.70. The Morgan fingerprint density at radius 1 is 1.29 bits per heavy atom. The van der Waals surface area contributed by atoms with E-state index >= 15 is 0 Å². The summed E-state index contributed by atoms with van der Waals surface area (Å²) in [5.41, 5.74) is 5.63. The molecule has 0 aliphatic heterocycles. The van der Waals surface area contributed by atoms with Crippen LogP contribution in [0.15, 0.2) is 34.8 Å². The van der Waals surface area contributed by atoms with Crippen molar-refractivity contribution < 1.29 is 18.3 Å². The molecule has 2 rings (SSSR count). The van der Waals surface area contributed by atoms with Gasteiger partial charge < -0.3 is 10.5 Å². The van der Waals surface area contributed by atoms with Crippen LogP contribution in [0.2, 0.25) is 5.02 Å². The fraction of sp³-hybridized carbons (Fsp3) is 0.0714. The summed E-state index contributed by atoms with van der Waals surface area (Å²) < 4.78 is 31.7. The second-order valence-electron chi connectivity index (χ2n) is 4.14. The predicted molar refractivity (Wildman–Crippen MR) is 79.0 cm³/mol. The van der Waals surface area contributed by atoms with Crippen LogP contribution in [0.1, 0.15) is 15.9 Å². The zero-order valence-electron chi connectivity index (χ0n) is 10.5. The maximum absolute atomic E-state index is 13.2. The first-order valence-electron chi connectivity index (χ1n) is 5.74. The molecule has 0 saturated carbocycles. The van der Waals surface area contributed by atoms with E-state index in [0.717, 1.165) is 12.1 Å². The minimum absolute atomic E-state index is 0.0708. The quantitative estimate of drug-likeness (QED) is 0.641. The van der Waals surface area contributed by atoms with E-state index < -0.39 is 17.6 Å². The number of hydrogen-bond acceptors (Lipinski definition) is 3. The van der Waals surface area contributed by atoms with Gasteiger partial charge in [0.2, 0.25) is 0 Å². The molecule has 21 heavy (non-hydrogen) atoms. The van der Waals surface area contributed by atoms with Crippen molar-refractivity contribution in [2.24, 2.45) is 0 Å². The van der Waals surface area contributed by atoms with Crippen molar-refractivity contribution in [2.45, 2.75) is 6.61 Å². The van der Waals surface area contributed by atoms with Crippen molar-refractivity contribution >= 4 is 39.2 Å². The summed E-state index contributed by atoms with van der Waals surface area (Å²) in [5.74, 6) is -1.97. The van der Waals surface area contributed by atoms with Gasteiger partial charge in [-0.1, -0.05) is 23.7 Å². The average molecular weight is 377 g/mol. The van der Waals surface area contributed by atoms with E-state index in [9.17, 15) is 13.6 Å². The highest BCUT2D eigenvalue weighted by Crippen LogP contribution is 2.25. The van der Waals surface area contributed by atoms with Crippen LogP contribution in [0.5, 0.6) is 0 Å². The molecule has 0 aliphatic carbocycles. The molecule has 7 heteroatoms. The lowest BCUT2D eigenvalue weighted by molar-refractivity contribution is 0.0471. The Morgan fingerprint density at radius 3 is 2.71 bits per heavy atom. The van der Waals surface area contributed by atoms with Gasteiger partial charge in [0.05, 0.1) is 16.3 Å². The first kappa shape index (κ1) is 15.7. The van der Waals surface area contributed by atoms with Crippen molar-refractivity contribution in [1.82, 2.24) is 0 Å². The van der Waals surface area contributed by atoms with Gasteiger partial charge in [0, 0.05) is 10.0 Å². The Kier molecular flexibility index (Phi) is 4.80. The van der Waals surface area contributed by atoms with Crippen molar-refractivity contribution in [2.75, 3.05) is 5.73 Å². The Hall–Kier alpha value is -1.66. The number of nitrogens with two attached hydrogens (primary N) is 1. The van der Waals surface area contributed by atoms with Crippen LogP contribution in [0, 0.1) is 11.6 Å². The molecule has 110 valence electrons. The fourth-order valence-electron chi connectivity index (χ4n) is 1.60. The van der Waals surface area contributed by atoms with E-state index in [4.69, 9.17) is 22.1 Å². The van der Waals surface area contributed by atoms with Gasteiger partial charge in [-0.25, -0.2) is 13.6 Å². The first-order chi connectivity index (χ1) is 9.90. The van der Waals surface area contributed by atoms with Gasteiger partial charge in [-0.05, 0) is 34.1 Å². The van der Waals surface area contributed by atoms with E-state index in [-0.39, 0.29) is 27.4 Å². The molecular weight excluding hydrogens is 368 g/mol. The minimum atomic E-state index is -0.728. The lowest BCUT2D eigenvalue weighted by Crippen LogP contribution is -2.08. The number of esters is 1. The Labute approximate surface area is 132 Å². The molecule has 0 amide bonds. The predicted octanol–water partition coefficient (Wildman–Crippen LogP) is 4.32. The molecule has 2 aromatic rings. The normalized spacial score (nSPS) is 10.5. The summed E-state index contributed by atoms with van der Waals surface area (Å²) in [6, 6.07) is 6.42. The van der Waals surface area contributed by atoms with Gasteiger partial charge in [0.1, 0.15) is 18.2 Å². The maximum atomic E-state index is 13.2. The summed E-state index contributed by atoms with van der Waals surface area (Å²) in [6.45, 7) is -0.209. The second-order valence-corrected chi connectivity index (χ2v) is 5.37. The van der Waals surface area contributed by atoms with Crippen molar-refractivity contribution in [3.63, 3.8) is 0 Å². The molecule has 0 saturated heterocycles. The van der Waals surface area contributed by atoms with Crippen molar-refractivity contribution in [3.8, 4) is 0 Å². The van der Waals surface area contributed by atoms with Crippen LogP contribution < -0.4 is 5.73 Å². The van der Waals surface area contributed by atoms with E-state index in [1.54, 1.807) is 0 Å². The van der Waals surface area contributed by atoms with Gasteiger partial charge in [-0.2, -0.15) is 0 Å². The second kappa shape index (κ2) is 6.41. The van der Waals surface area contributed by atoms with Crippen molar-refractivity contribution in [1.29, 1.82) is 0 Å². The van der Waals surface area contributed by atoms with Crippen molar-refractivity contribution in [3.05, 3.63) is 62.6 Å². The average Bonchev–Trinajstić information content (AvgIpc) is 2.44. The molecule has 0 aliphatic rings. The molecule has 0 bridgehead atoms. The minimum Gasteiger partial charge on any atom is -0.457 e. The number of carbonyl (C=O) groups is 1. The molecule has 0 atom stereocenters. The number of nitrogen functional groups attached to an aromatic ring is 1. The monoisotopic (exact) mass is 375 g/mol. The Balaban J connectivity index is 2.16. The Bertz CT molecular complexity index is 710. The number of anilines is 1. The number of ether oxygens (including phenoxy) is 1. The highest BCUT2D eigenvalue weighted by atomic mass is 79.9. The lowest BCUT2D eigenvalue weighted by Gasteiger charge is -2.09. The van der Waals surface area contributed by atoms with Crippen LogP contribution in [0.25, 0.3) is 0 Å². The smallest absolute Gasteiger partial charge is 0.339 e. The molecular formula is C14H9BrClF2NO2. The fourth-order valence-corrected chi connectivity index (χ4v) is 2.26. The van der Waals surface area contributed by atoms with Crippen LogP contribution in [-0.2, 0) is 11.3 Å². The molecule has 0 heterocycles. The lowest BCUT2D eigenvalue weighted by atomic mass is 10.2. The first-order valence-corrected chi connectivity index (χ1v) is 6.91. The van der Waals surface area contributed by atoms with Crippen LogP contribution in [0.4, 0.5) is 14.5 Å². The zero-order valence-corrected chi connectivity index (χ0v) is 12.8. The number of carbonyl (C=O) groups excluding carboxylic acids is 1. The topological polar surface area (TPSA) is 52.3 Å². The number of hydrogen-bond donors (Lipinski definition) is 1. The van der Waals surface area contributed by atoms with Gasteiger partial charge in [0.15, 0.2) is 0 Å². The van der Waals surface area contributed by atoms with Crippen LogP contribution >= 0.6 is 27.5 Å². The summed E-state index contributed by atoms with van der Waals surface area (Å²) in [5, 5.41) is -0.108. The summed E-state index contributed by atoms with van der Waals surface area (Å²) in [4.78, 5) is 11.9. The molecule has 0 fully saturated rings. The highest BCUT2D eigenvalue weighted by molar-refractivity contribution is 9.10. The van der Waals surface area contributed by atoms with Gasteiger partial charge in [0.25, 0.3) is 0 Å². The molecule has 0 radical (unpaired) electrons. The molecule has 0 unspecified atom stereocenters. The number of rotatable bonds is 3. The largest absolute Gasteiger partial charge is 0.457 e. The van der Waals surface area contributed by atoms with Crippen LogP contribution in [0.3, 0.4) is 0 Å². The van der Waals surface area contributed by atoms with Gasteiger partial charge >= 0.3 is 5.97 Å². The molecule has 2 aromatic carbocycles. The van der Waals surface area contributed by atoms with Crippen LogP contribution in [-0.4, -0.2) is 5.97 Å². The summed E-state index contributed by atoms with van der Waals surface area (Å²) in [6.07, 6.45) is 0. The third-order valence-corrected chi connectivity index (χ3v) is 3.78. The Morgan fingerprint density at radius 2 is 2.00 bits per heavy atom.